The molecule has 2 heterocycles. The monoisotopic (exact) mass is 425 g/mol. The number of hydrogen-bond donors (Lipinski definition) is 2. The average Bonchev–Trinajstić information content (AvgIpc) is 2.73. The molecule has 0 unspecified atom stereocenters. The van der Waals surface area contributed by atoms with Crippen molar-refractivity contribution in [2.45, 2.75) is 24.4 Å². The standard InChI is InChI=1S/C21H23N5O3S/c22-30(28,29)20-9-7-17(8-10-20)25-21(27)11-14-26(15-18-5-1-3-12-23-18)16-19-6-2-4-13-24-19/h1-10,12-13H,11,14-16H2,(H,25,27)(H2,22,28,29). The van der Waals surface area contributed by atoms with Crippen molar-refractivity contribution in [1.29, 1.82) is 0 Å². The van der Waals surface area contributed by atoms with Crippen molar-refractivity contribution in [2.24, 2.45) is 5.14 Å². The lowest BCUT2D eigenvalue weighted by Crippen LogP contribution is -2.28. The van der Waals surface area contributed by atoms with Gasteiger partial charge in [0.1, 0.15) is 0 Å². The van der Waals surface area contributed by atoms with Gasteiger partial charge in [0.05, 0.1) is 16.3 Å². The van der Waals surface area contributed by atoms with Gasteiger partial charge in [-0.25, -0.2) is 13.6 Å². The summed E-state index contributed by atoms with van der Waals surface area (Å²) in [7, 11) is -3.76. The minimum absolute atomic E-state index is 0.00241. The molecule has 0 bridgehead atoms. The van der Waals surface area contributed by atoms with Crippen LogP contribution >= 0.6 is 0 Å². The van der Waals surface area contributed by atoms with E-state index in [0.717, 1.165) is 11.4 Å². The maximum atomic E-state index is 12.4. The molecule has 3 N–H and O–H groups in total. The smallest absolute Gasteiger partial charge is 0.238 e. The average molecular weight is 426 g/mol. The Kier molecular flexibility index (Phi) is 7.23. The van der Waals surface area contributed by atoms with E-state index < -0.39 is 10.0 Å². The number of sulfonamides is 1. The molecule has 0 aliphatic carbocycles. The Bertz CT molecular complexity index is 1020. The van der Waals surface area contributed by atoms with Gasteiger partial charge >= 0.3 is 0 Å². The van der Waals surface area contributed by atoms with E-state index in [9.17, 15) is 13.2 Å². The van der Waals surface area contributed by atoms with Crippen LogP contribution in [-0.2, 0) is 27.9 Å². The van der Waals surface area contributed by atoms with Gasteiger partial charge < -0.3 is 5.32 Å². The van der Waals surface area contributed by atoms with Crippen LogP contribution in [0, 0.1) is 0 Å². The lowest BCUT2D eigenvalue weighted by Gasteiger charge is -2.21. The van der Waals surface area contributed by atoms with Crippen molar-refractivity contribution in [2.75, 3.05) is 11.9 Å². The molecule has 1 aromatic carbocycles. The van der Waals surface area contributed by atoms with Crippen LogP contribution in [-0.4, -0.2) is 35.7 Å². The second kappa shape index (κ2) is 10.1. The number of anilines is 1. The van der Waals surface area contributed by atoms with Crippen LogP contribution in [0.2, 0.25) is 0 Å². The fourth-order valence-electron chi connectivity index (χ4n) is 2.87. The van der Waals surface area contributed by atoms with Gasteiger partial charge in [-0.3, -0.25) is 19.7 Å². The van der Waals surface area contributed by atoms with Gasteiger partial charge in [0, 0.05) is 44.1 Å². The molecule has 1 amide bonds. The maximum Gasteiger partial charge on any atom is 0.238 e. The largest absolute Gasteiger partial charge is 0.326 e. The third-order valence-corrected chi connectivity index (χ3v) is 5.27. The van der Waals surface area contributed by atoms with Crippen molar-refractivity contribution in [3.63, 3.8) is 0 Å². The molecule has 30 heavy (non-hydrogen) atoms. The van der Waals surface area contributed by atoms with Crippen LogP contribution in [0.4, 0.5) is 5.69 Å². The fraction of sp³-hybridized carbons (Fsp3) is 0.190. The van der Waals surface area contributed by atoms with Crippen molar-refractivity contribution >= 4 is 21.6 Å². The first-order valence-electron chi connectivity index (χ1n) is 9.35. The van der Waals surface area contributed by atoms with Crippen LogP contribution in [0.15, 0.2) is 78.0 Å². The molecule has 156 valence electrons. The van der Waals surface area contributed by atoms with Crippen LogP contribution in [0.1, 0.15) is 17.8 Å². The predicted octanol–water partition coefficient (Wildman–Crippen LogP) is 2.15. The molecule has 0 atom stereocenters. The third kappa shape index (κ3) is 6.73. The summed E-state index contributed by atoms with van der Waals surface area (Å²) in [6.07, 6.45) is 3.75. The Morgan fingerprint density at radius 2 is 1.47 bits per heavy atom. The molecule has 0 saturated carbocycles. The number of aromatic nitrogens is 2. The van der Waals surface area contributed by atoms with E-state index in [-0.39, 0.29) is 17.2 Å². The highest BCUT2D eigenvalue weighted by molar-refractivity contribution is 7.89. The molecule has 0 aliphatic rings. The maximum absolute atomic E-state index is 12.4. The highest BCUT2D eigenvalue weighted by Gasteiger charge is 2.12. The number of carbonyl (C=O) groups is 1. The van der Waals surface area contributed by atoms with Gasteiger partial charge in [0.25, 0.3) is 0 Å². The molecule has 0 aliphatic heterocycles. The molecule has 2 aromatic heterocycles. The molecule has 0 fully saturated rings. The molecule has 9 heteroatoms. The van der Waals surface area contributed by atoms with Crippen LogP contribution in [0.5, 0.6) is 0 Å². The highest BCUT2D eigenvalue weighted by atomic mass is 32.2. The Balaban J connectivity index is 1.60. The van der Waals surface area contributed by atoms with E-state index >= 15 is 0 Å². The first-order valence-corrected chi connectivity index (χ1v) is 10.9. The van der Waals surface area contributed by atoms with Crippen LogP contribution in [0.3, 0.4) is 0 Å². The number of nitrogens with zero attached hydrogens (tertiary/aromatic N) is 3. The summed E-state index contributed by atoms with van der Waals surface area (Å²) in [6, 6.07) is 17.2. The summed E-state index contributed by atoms with van der Waals surface area (Å²) in [5.41, 5.74) is 2.33. The SMILES string of the molecule is NS(=O)(=O)c1ccc(NC(=O)CCN(Cc2ccccn2)Cc2ccccn2)cc1. The molecule has 0 spiro atoms. The van der Waals surface area contributed by atoms with Gasteiger partial charge in [-0.05, 0) is 48.5 Å². The highest BCUT2D eigenvalue weighted by Crippen LogP contribution is 2.13. The minimum Gasteiger partial charge on any atom is -0.326 e. The number of primary sulfonamides is 1. The molecule has 0 radical (unpaired) electrons. The Labute approximate surface area is 175 Å². The molecular weight excluding hydrogens is 402 g/mol. The summed E-state index contributed by atoms with van der Waals surface area (Å²) in [5.74, 6) is -0.176. The van der Waals surface area contributed by atoms with E-state index in [1.54, 1.807) is 12.4 Å². The molecule has 3 aromatic rings. The second-order valence-electron chi connectivity index (χ2n) is 6.72. The normalized spacial score (nSPS) is 11.4. The van der Waals surface area contributed by atoms with E-state index in [2.05, 4.69) is 20.2 Å². The Hall–Kier alpha value is -3.14. The van der Waals surface area contributed by atoms with E-state index in [1.165, 1.54) is 24.3 Å². The number of nitrogens with one attached hydrogen (secondary N) is 1. The first-order chi connectivity index (χ1) is 14.4. The summed E-state index contributed by atoms with van der Waals surface area (Å²) < 4.78 is 22.6. The predicted molar refractivity (Wildman–Crippen MR) is 114 cm³/mol. The van der Waals surface area contributed by atoms with Crippen LogP contribution < -0.4 is 10.5 Å². The fourth-order valence-corrected chi connectivity index (χ4v) is 3.38. The number of hydrogen-bond acceptors (Lipinski definition) is 6. The van der Waals surface area contributed by atoms with E-state index in [4.69, 9.17) is 5.14 Å². The number of pyridine rings is 2. The first kappa shape index (κ1) is 21.6. The zero-order valence-electron chi connectivity index (χ0n) is 16.3. The van der Waals surface area contributed by atoms with Gasteiger partial charge in [-0.2, -0.15) is 0 Å². The third-order valence-electron chi connectivity index (χ3n) is 4.35. The Morgan fingerprint density at radius 3 is 1.93 bits per heavy atom. The van der Waals surface area contributed by atoms with Gasteiger partial charge in [-0.15, -0.1) is 0 Å². The number of rotatable bonds is 9. The number of carbonyl (C=O) groups excluding carboxylic acids is 1. The zero-order valence-corrected chi connectivity index (χ0v) is 17.1. The van der Waals surface area contributed by atoms with Gasteiger partial charge in [0.2, 0.25) is 15.9 Å². The van der Waals surface area contributed by atoms with Crippen LogP contribution in [0.25, 0.3) is 0 Å². The summed E-state index contributed by atoms with van der Waals surface area (Å²) in [4.78, 5) is 23.2. The van der Waals surface area contributed by atoms with Gasteiger partial charge in [-0.1, -0.05) is 12.1 Å². The van der Waals surface area contributed by atoms with Crippen molar-refractivity contribution < 1.29 is 13.2 Å². The molecule has 8 nitrogen and oxygen atoms in total. The summed E-state index contributed by atoms with van der Waals surface area (Å²) in [5, 5.41) is 7.86. The van der Waals surface area contributed by atoms with E-state index in [1.807, 2.05) is 36.4 Å². The lowest BCUT2D eigenvalue weighted by molar-refractivity contribution is -0.116. The number of benzene rings is 1. The number of amides is 1. The van der Waals surface area contributed by atoms with Gasteiger partial charge in [0.15, 0.2) is 0 Å². The topological polar surface area (TPSA) is 118 Å². The minimum atomic E-state index is -3.76. The zero-order chi connectivity index (χ0) is 21.4. The van der Waals surface area contributed by atoms with Crippen molar-refractivity contribution in [3.05, 3.63) is 84.4 Å². The summed E-state index contributed by atoms with van der Waals surface area (Å²) >= 11 is 0. The molecular formula is C21H23N5O3S. The number of nitrogens with two attached hydrogens (primary N) is 1. The quantitative estimate of drug-likeness (QED) is 0.542. The van der Waals surface area contributed by atoms with Crippen molar-refractivity contribution in [3.8, 4) is 0 Å². The second-order valence-corrected chi connectivity index (χ2v) is 8.28. The molecule has 3 rings (SSSR count). The lowest BCUT2D eigenvalue weighted by atomic mass is 10.2. The molecule has 0 saturated heterocycles. The van der Waals surface area contributed by atoms with E-state index in [0.29, 0.717) is 25.3 Å². The summed E-state index contributed by atoms with van der Waals surface area (Å²) in [6.45, 7) is 1.69. The Morgan fingerprint density at radius 1 is 0.900 bits per heavy atom. The van der Waals surface area contributed by atoms with Crippen molar-refractivity contribution in [1.82, 2.24) is 14.9 Å².